The molecule has 2 rings (SSSR count). The molecule has 1 N–H and O–H groups in total. The summed E-state index contributed by atoms with van der Waals surface area (Å²) in [5, 5.41) is 0. The maximum atomic E-state index is 11.7. The van der Waals surface area contributed by atoms with Gasteiger partial charge in [-0.15, -0.1) is 11.3 Å². The van der Waals surface area contributed by atoms with Crippen LogP contribution < -0.4 is 24.2 Å². The lowest BCUT2D eigenvalue weighted by atomic mass is 10.2. The summed E-state index contributed by atoms with van der Waals surface area (Å²) in [5.74, 6) is 1.33. The van der Waals surface area contributed by atoms with E-state index >= 15 is 0 Å². The molecule has 0 spiro atoms. The summed E-state index contributed by atoms with van der Waals surface area (Å²) in [5.41, 5.74) is 0.731. The zero-order valence-corrected chi connectivity index (χ0v) is 14.3. The van der Waals surface area contributed by atoms with E-state index < -0.39 is 0 Å². The van der Waals surface area contributed by atoms with Gasteiger partial charge in [0, 0.05) is 0 Å². The summed E-state index contributed by atoms with van der Waals surface area (Å²) in [6.07, 6.45) is 1.81. The van der Waals surface area contributed by atoms with Gasteiger partial charge in [-0.3, -0.25) is 4.79 Å². The lowest BCUT2D eigenvalue weighted by molar-refractivity contribution is 0.286. The Morgan fingerprint density at radius 3 is 2.62 bits per heavy atom. The molecule has 1 heterocycles. The van der Waals surface area contributed by atoms with Gasteiger partial charge in [-0.2, -0.15) is 0 Å². The number of thiazole rings is 1. The Hall–Kier alpha value is -1.53. The van der Waals surface area contributed by atoms with Crippen LogP contribution in [0.1, 0.15) is 19.4 Å². The summed E-state index contributed by atoms with van der Waals surface area (Å²) >= 11 is 4.81. The zero-order chi connectivity index (χ0) is 15.4. The first-order valence-electron chi connectivity index (χ1n) is 6.54. The number of ether oxygens (including phenoxy) is 2. The summed E-state index contributed by atoms with van der Waals surface area (Å²) in [6, 6.07) is 3.76. The van der Waals surface area contributed by atoms with Crippen molar-refractivity contribution in [2.75, 3.05) is 13.2 Å². The Bertz CT molecular complexity index is 794. The van der Waals surface area contributed by atoms with Crippen molar-refractivity contribution < 1.29 is 9.47 Å². The molecule has 0 atom stereocenters. The van der Waals surface area contributed by atoms with E-state index in [1.807, 2.05) is 26.0 Å². The highest BCUT2D eigenvalue weighted by Gasteiger charge is 2.11. The van der Waals surface area contributed by atoms with Crippen LogP contribution in [0.3, 0.4) is 0 Å². The number of hydrogen-bond acceptors (Lipinski definition) is 4. The number of hydrogen-bond donors (Lipinski definition) is 1. The van der Waals surface area contributed by atoms with Gasteiger partial charge in [-0.1, -0.05) is 6.58 Å². The first-order valence-corrected chi connectivity index (χ1v) is 8.15. The minimum atomic E-state index is -0.132. The summed E-state index contributed by atoms with van der Waals surface area (Å²) in [7, 11) is 0. The van der Waals surface area contributed by atoms with Gasteiger partial charge < -0.3 is 14.5 Å². The number of aromatic amines is 1. The third-order valence-electron chi connectivity index (χ3n) is 2.63. The van der Waals surface area contributed by atoms with Crippen LogP contribution in [0.2, 0.25) is 0 Å². The molecule has 0 saturated carbocycles. The fourth-order valence-corrected chi connectivity index (χ4v) is 3.18. The number of nitrogens with one attached hydrogen (secondary N) is 1. The minimum absolute atomic E-state index is 0.132. The SMILES string of the molecule is C=c1[nH]c(=O)c(=Cc2cc(Br)c(OCC)c(OCC)c2)s1. The van der Waals surface area contributed by atoms with Gasteiger partial charge in [-0.25, -0.2) is 0 Å². The molecule has 4 nitrogen and oxygen atoms in total. The third-order valence-corrected chi connectivity index (χ3v) is 4.09. The quantitative estimate of drug-likeness (QED) is 0.878. The molecule has 112 valence electrons. The number of rotatable bonds is 5. The van der Waals surface area contributed by atoms with Crippen LogP contribution in [-0.4, -0.2) is 18.2 Å². The van der Waals surface area contributed by atoms with Gasteiger partial charge in [0.2, 0.25) is 0 Å². The van der Waals surface area contributed by atoms with E-state index in [0.717, 1.165) is 10.0 Å². The van der Waals surface area contributed by atoms with Gasteiger partial charge in [0.1, 0.15) is 0 Å². The number of benzene rings is 1. The van der Waals surface area contributed by atoms with E-state index in [1.165, 1.54) is 11.3 Å². The van der Waals surface area contributed by atoms with Crippen LogP contribution in [-0.2, 0) is 0 Å². The molecule has 0 aliphatic carbocycles. The van der Waals surface area contributed by atoms with E-state index in [2.05, 4.69) is 27.5 Å². The second-order valence-corrected chi connectivity index (χ2v) is 6.18. The van der Waals surface area contributed by atoms with Crippen molar-refractivity contribution in [1.29, 1.82) is 0 Å². The molecule has 0 aliphatic heterocycles. The largest absolute Gasteiger partial charge is 0.490 e. The molecule has 0 aliphatic rings. The normalized spacial score (nSPS) is 11.7. The molecule has 1 aromatic carbocycles. The highest BCUT2D eigenvalue weighted by atomic mass is 79.9. The minimum Gasteiger partial charge on any atom is -0.490 e. The fourth-order valence-electron chi connectivity index (χ4n) is 1.86. The van der Waals surface area contributed by atoms with Gasteiger partial charge in [0.25, 0.3) is 5.56 Å². The zero-order valence-electron chi connectivity index (χ0n) is 11.9. The van der Waals surface area contributed by atoms with Crippen molar-refractivity contribution in [3.8, 4) is 11.5 Å². The molecule has 21 heavy (non-hydrogen) atoms. The van der Waals surface area contributed by atoms with E-state index in [9.17, 15) is 4.79 Å². The topological polar surface area (TPSA) is 51.3 Å². The van der Waals surface area contributed by atoms with Crippen LogP contribution in [0, 0.1) is 0 Å². The van der Waals surface area contributed by atoms with E-state index in [4.69, 9.17) is 9.47 Å². The average molecular weight is 370 g/mol. The maximum Gasteiger partial charge on any atom is 0.266 e. The highest BCUT2D eigenvalue weighted by molar-refractivity contribution is 9.10. The molecular formula is C15H16BrNO3S. The second-order valence-electron chi connectivity index (χ2n) is 4.18. The van der Waals surface area contributed by atoms with Crippen molar-refractivity contribution in [3.05, 3.63) is 41.7 Å². The number of H-pyrrole nitrogens is 1. The van der Waals surface area contributed by atoms with Crippen LogP contribution in [0.25, 0.3) is 12.7 Å². The molecule has 0 saturated heterocycles. The van der Waals surface area contributed by atoms with E-state index in [1.54, 1.807) is 6.08 Å². The van der Waals surface area contributed by atoms with Crippen molar-refractivity contribution in [2.24, 2.45) is 0 Å². The first-order chi connectivity index (χ1) is 10.0. The maximum absolute atomic E-state index is 11.7. The number of halogens is 1. The molecule has 6 heteroatoms. The summed E-state index contributed by atoms with van der Waals surface area (Å²) < 4.78 is 13.3. The summed E-state index contributed by atoms with van der Waals surface area (Å²) in [4.78, 5) is 14.4. The van der Waals surface area contributed by atoms with Crippen molar-refractivity contribution >= 4 is 39.9 Å². The fraction of sp³-hybridized carbons (Fsp3) is 0.267. The average Bonchev–Trinajstić information content (AvgIpc) is 2.72. The second kappa shape index (κ2) is 6.95. The first kappa shape index (κ1) is 15.9. The van der Waals surface area contributed by atoms with E-state index in [-0.39, 0.29) is 5.56 Å². The predicted octanol–water partition coefficient (Wildman–Crippen LogP) is 2.24. The van der Waals surface area contributed by atoms with Crippen LogP contribution in [0.4, 0.5) is 0 Å². The van der Waals surface area contributed by atoms with Gasteiger partial charge in [0.15, 0.2) is 11.5 Å². The predicted molar refractivity (Wildman–Crippen MR) is 89.8 cm³/mol. The van der Waals surface area contributed by atoms with Crippen molar-refractivity contribution in [2.45, 2.75) is 13.8 Å². The van der Waals surface area contributed by atoms with Crippen molar-refractivity contribution in [1.82, 2.24) is 4.98 Å². The number of aromatic nitrogens is 1. The Morgan fingerprint density at radius 2 is 2.05 bits per heavy atom. The Kier molecular flexibility index (Phi) is 5.25. The van der Waals surface area contributed by atoms with Crippen LogP contribution in [0.15, 0.2) is 21.4 Å². The smallest absolute Gasteiger partial charge is 0.266 e. The molecule has 0 radical (unpaired) electrons. The van der Waals surface area contributed by atoms with Crippen LogP contribution >= 0.6 is 27.3 Å². The molecule has 0 bridgehead atoms. The third kappa shape index (κ3) is 3.77. The van der Waals surface area contributed by atoms with Crippen molar-refractivity contribution in [3.63, 3.8) is 0 Å². The van der Waals surface area contributed by atoms with E-state index in [0.29, 0.717) is 33.9 Å². The monoisotopic (exact) mass is 369 g/mol. The van der Waals surface area contributed by atoms with Gasteiger partial charge in [0.05, 0.1) is 26.9 Å². The lowest BCUT2D eigenvalue weighted by Gasteiger charge is -2.13. The van der Waals surface area contributed by atoms with Crippen LogP contribution in [0.5, 0.6) is 11.5 Å². The lowest BCUT2D eigenvalue weighted by Crippen LogP contribution is -2.19. The molecule has 1 aromatic heterocycles. The molecule has 0 fully saturated rings. The molecule has 2 aromatic rings. The Morgan fingerprint density at radius 1 is 1.33 bits per heavy atom. The molecule has 0 unspecified atom stereocenters. The Labute approximate surface area is 134 Å². The van der Waals surface area contributed by atoms with Gasteiger partial charge >= 0.3 is 0 Å². The standard InChI is InChI=1S/C15H16BrNO3S/c1-4-19-12-7-10(6-11(16)14(12)20-5-2)8-13-15(18)17-9(3)21-13/h6-8H,3-5H2,1-2H3,(H,17,18). The molecular weight excluding hydrogens is 354 g/mol. The summed E-state index contributed by atoms with van der Waals surface area (Å²) in [6.45, 7) is 8.66. The molecule has 0 amide bonds. The highest BCUT2D eigenvalue weighted by Crippen LogP contribution is 2.37. The van der Waals surface area contributed by atoms with Gasteiger partial charge in [-0.05, 0) is 53.5 Å². The Balaban J connectivity index is 2.56.